The molecule has 0 heterocycles. The average molecular weight is 248 g/mol. The number of benzene rings is 1. The molecule has 1 aromatic carbocycles. The molecule has 0 spiro atoms. The number of carbonyl (C=O) groups is 1. The second-order valence-electron chi connectivity index (χ2n) is 3.51. The largest absolute Gasteiger partial charge is 0.481 e. The molecule has 0 fully saturated rings. The predicted octanol–water partition coefficient (Wildman–Crippen LogP) is 3.82. The van der Waals surface area contributed by atoms with Gasteiger partial charge < -0.3 is 5.11 Å². The van der Waals surface area contributed by atoms with Crippen molar-refractivity contribution >= 4 is 5.97 Å². The zero-order valence-corrected chi connectivity index (χ0v) is 9.66. The molecule has 0 radical (unpaired) electrons. The number of rotatable bonds is 2. The molecule has 1 rings (SSSR count). The number of hydrogen-bond donors (Lipinski definition) is 1. The Morgan fingerprint density at radius 2 is 1.76 bits per heavy atom. The summed E-state index contributed by atoms with van der Waals surface area (Å²) in [6, 6.07) is 6.36. The van der Waals surface area contributed by atoms with Crippen molar-refractivity contribution in [1.82, 2.24) is 0 Å². The molecule has 5 heteroatoms. The Morgan fingerprint density at radius 3 is 1.94 bits per heavy atom. The van der Waals surface area contributed by atoms with Crippen LogP contribution in [0.3, 0.4) is 0 Å². The maximum absolute atomic E-state index is 11.8. The highest BCUT2D eigenvalue weighted by atomic mass is 19.4. The van der Waals surface area contributed by atoms with Crippen LogP contribution in [0.4, 0.5) is 13.2 Å². The molecular formula is C12H15F3O2. The Hall–Kier alpha value is -1.52. The van der Waals surface area contributed by atoms with Gasteiger partial charge in [0.1, 0.15) is 0 Å². The monoisotopic (exact) mass is 248 g/mol. The van der Waals surface area contributed by atoms with Crippen LogP contribution in [0.2, 0.25) is 0 Å². The SMILES string of the molecule is CCC(C)C(=O)O.FC(F)(F)c1ccccc1. The van der Waals surface area contributed by atoms with Crippen LogP contribution < -0.4 is 0 Å². The number of carboxylic acids is 1. The maximum atomic E-state index is 11.8. The third-order valence-corrected chi connectivity index (χ3v) is 2.14. The Labute approximate surface area is 98.1 Å². The first kappa shape index (κ1) is 15.5. The molecule has 17 heavy (non-hydrogen) atoms. The van der Waals surface area contributed by atoms with Crippen molar-refractivity contribution in [2.24, 2.45) is 5.92 Å². The van der Waals surface area contributed by atoms with E-state index in [1.54, 1.807) is 13.0 Å². The first-order valence-corrected chi connectivity index (χ1v) is 5.14. The molecule has 1 aromatic rings. The van der Waals surface area contributed by atoms with E-state index in [-0.39, 0.29) is 5.92 Å². The fourth-order valence-electron chi connectivity index (χ4n) is 0.802. The lowest BCUT2D eigenvalue weighted by molar-refractivity contribution is -0.141. The highest BCUT2D eigenvalue weighted by molar-refractivity contribution is 5.69. The summed E-state index contributed by atoms with van der Waals surface area (Å²) in [6.45, 7) is 3.56. The van der Waals surface area contributed by atoms with Crippen LogP contribution in [0.5, 0.6) is 0 Å². The maximum Gasteiger partial charge on any atom is 0.416 e. The van der Waals surface area contributed by atoms with E-state index in [0.717, 1.165) is 18.6 Å². The molecule has 0 saturated carbocycles. The normalized spacial score (nSPS) is 12.3. The molecule has 0 aromatic heterocycles. The summed E-state index contributed by atoms with van der Waals surface area (Å²) in [5, 5.41) is 8.18. The molecule has 0 saturated heterocycles. The van der Waals surface area contributed by atoms with Gasteiger partial charge in [-0.15, -0.1) is 0 Å². The van der Waals surface area contributed by atoms with Crippen LogP contribution in [0.1, 0.15) is 25.8 Å². The molecule has 0 bridgehead atoms. The number of halogens is 3. The summed E-state index contributed by atoms with van der Waals surface area (Å²) in [5.74, 6) is -0.887. The van der Waals surface area contributed by atoms with Gasteiger partial charge in [0, 0.05) is 0 Å². The van der Waals surface area contributed by atoms with Crippen LogP contribution in [0, 0.1) is 5.92 Å². The van der Waals surface area contributed by atoms with Crippen LogP contribution in [-0.4, -0.2) is 11.1 Å². The van der Waals surface area contributed by atoms with E-state index in [1.165, 1.54) is 12.1 Å². The van der Waals surface area contributed by atoms with E-state index >= 15 is 0 Å². The van der Waals surface area contributed by atoms with Crippen molar-refractivity contribution in [2.75, 3.05) is 0 Å². The summed E-state index contributed by atoms with van der Waals surface area (Å²) in [6.07, 6.45) is -3.49. The number of alkyl halides is 3. The molecule has 1 atom stereocenters. The van der Waals surface area contributed by atoms with Gasteiger partial charge in [0.2, 0.25) is 0 Å². The van der Waals surface area contributed by atoms with E-state index in [0.29, 0.717) is 0 Å². The lowest BCUT2D eigenvalue weighted by atomic mass is 10.1. The molecule has 0 aliphatic carbocycles. The third kappa shape index (κ3) is 6.60. The molecule has 96 valence electrons. The standard InChI is InChI=1S/C7H5F3.C5H10O2/c8-7(9,10)6-4-2-1-3-5-6;1-3-4(2)5(6)7/h1-5H;4H,3H2,1-2H3,(H,6,7). The van der Waals surface area contributed by atoms with Gasteiger partial charge in [-0.25, -0.2) is 0 Å². The van der Waals surface area contributed by atoms with Gasteiger partial charge in [0.25, 0.3) is 0 Å². The van der Waals surface area contributed by atoms with Crippen LogP contribution in [0.15, 0.2) is 30.3 Å². The Bertz CT molecular complexity index is 333. The first-order chi connectivity index (χ1) is 7.79. The first-order valence-electron chi connectivity index (χ1n) is 5.14. The highest BCUT2D eigenvalue weighted by Gasteiger charge is 2.29. The minimum absolute atomic E-state index is 0.181. The smallest absolute Gasteiger partial charge is 0.416 e. The summed E-state index contributed by atoms with van der Waals surface area (Å²) in [4.78, 5) is 9.93. The van der Waals surface area contributed by atoms with Gasteiger partial charge in [-0.3, -0.25) is 4.79 Å². The zero-order valence-electron chi connectivity index (χ0n) is 9.66. The van der Waals surface area contributed by atoms with Gasteiger partial charge in [-0.1, -0.05) is 44.2 Å². The van der Waals surface area contributed by atoms with E-state index in [2.05, 4.69) is 0 Å². The highest BCUT2D eigenvalue weighted by Crippen LogP contribution is 2.28. The minimum atomic E-state index is -4.21. The van der Waals surface area contributed by atoms with Crippen molar-refractivity contribution in [3.05, 3.63) is 35.9 Å². The topological polar surface area (TPSA) is 37.3 Å². The van der Waals surface area contributed by atoms with Crippen LogP contribution >= 0.6 is 0 Å². The average Bonchev–Trinajstić information content (AvgIpc) is 2.28. The number of hydrogen-bond acceptors (Lipinski definition) is 1. The van der Waals surface area contributed by atoms with Crippen molar-refractivity contribution in [3.63, 3.8) is 0 Å². The Balaban J connectivity index is 0.000000325. The fraction of sp³-hybridized carbons (Fsp3) is 0.417. The van der Waals surface area contributed by atoms with Gasteiger partial charge in [-0.2, -0.15) is 13.2 Å². The lowest BCUT2D eigenvalue weighted by Gasteiger charge is -2.03. The van der Waals surface area contributed by atoms with Crippen LogP contribution in [0.25, 0.3) is 0 Å². The van der Waals surface area contributed by atoms with E-state index in [1.807, 2.05) is 6.92 Å². The third-order valence-electron chi connectivity index (χ3n) is 2.14. The van der Waals surface area contributed by atoms with Gasteiger partial charge in [0.15, 0.2) is 0 Å². The number of aliphatic carboxylic acids is 1. The fourth-order valence-corrected chi connectivity index (χ4v) is 0.802. The second kappa shape index (κ2) is 6.93. The van der Waals surface area contributed by atoms with Gasteiger partial charge in [-0.05, 0) is 6.42 Å². The van der Waals surface area contributed by atoms with Crippen molar-refractivity contribution in [1.29, 1.82) is 0 Å². The Kier molecular flexibility index (Phi) is 6.31. The molecule has 0 amide bonds. The predicted molar refractivity (Wildman–Crippen MR) is 58.5 cm³/mol. The van der Waals surface area contributed by atoms with E-state index < -0.39 is 17.7 Å². The molecule has 2 nitrogen and oxygen atoms in total. The quantitative estimate of drug-likeness (QED) is 0.863. The van der Waals surface area contributed by atoms with Crippen LogP contribution in [-0.2, 0) is 11.0 Å². The molecule has 1 unspecified atom stereocenters. The number of carboxylic acid groups (broad SMARTS) is 1. The second-order valence-corrected chi connectivity index (χ2v) is 3.51. The van der Waals surface area contributed by atoms with Crippen molar-refractivity contribution in [3.8, 4) is 0 Å². The minimum Gasteiger partial charge on any atom is -0.481 e. The summed E-state index contributed by atoms with van der Waals surface area (Å²) in [5.41, 5.74) is -0.602. The molecular weight excluding hydrogens is 233 g/mol. The van der Waals surface area contributed by atoms with Crippen molar-refractivity contribution in [2.45, 2.75) is 26.4 Å². The van der Waals surface area contributed by atoms with Gasteiger partial charge in [0.05, 0.1) is 11.5 Å². The summed E-state index contributed by atoms with van der Waals surface area (Å²) in [7, 11) is 0. The Morgan fingerprint density at radius 1 is 1.29 bits per heavy atom. The van der Waals surface area contributed by atoms with Crippen molar-refractivity contribution < 1.29 is 23.1 Å². The molecule has 0 aliphatic heterocycles. The zero-order chi connectivity index (χ0) is 13.5. The summed E-state index contributed by atoms with van der Waals surface area (Å²) < 4.78 is 35.4. The molecule has 1 N–H and O–H groups in total. The van der Waals surface area contributed by atoms with E-state index in [4.69, 9.17) is 5.11 Å². The lowest BCUT2D eigenvalue weighted by Crippen LogP contribution is -2.06. The van der Waals surface area contributed by atoms with Gasteiger partial charge >= 0.3 is 12.1 Å². The van der Waals surface area contributed by atoms with E-state index in [9.17, 15) is 18.0 Å². The molecule has 0 aliphatic rings. The summed E-state index contributed by atoms with van der Waals surface area (Å²) >= 11 is 0.